The fraction of sp³-hybridized carbons (Fsp3) is 0.143. The van der Waals surface area contributed by atoms with Crippen molar-refractivity contribution in [2.24, 2.45) is 0 Å². The second kappa shape index (κ2) is 20.1. The molecule has 0 saturated carbocycles. The van der Waals surface area contributed by atoms with Gasteiger partial charge in [0.1, 0.15) is 34.5 Å². The van der Waals surface area contributed by atoms with Crippen molar-refractivity contribution in [3.63, 3.8) is 0 Å². The van der Waals surface area contributed by atoms with Gasteiger partial charge in [-0.05, 0) is 270 Å². The number of anilines is 8. The van der Waals surface area contributed by atoms with E-state index in [1.165, 1.54) is 128 Å². The molecular weight excluding hydrogens is 1130 g/mol. The summed E-state index contributed by atoms with van der Waals surface area (Å²) in [7, 11) is 0. The minimum Gasteiger partial charge on any atom is -0.458 e. The fourth-order valence-corrected chi connectivity index (χ4v) is 17.8. The van der Waals surface area contributed by atoms with E-state index in [9.17, 15) is 0 Å². The van der Waals surface area contributed by atoms with Crippen LogP contribution in [0.3, 0.4) is 0 Å². The SMILES string of the molecule is Cc1cc(C)c(N2c3cc4c(cc3B3c5cc6c(cc5N(c5c(C)cc(C)cc5C)c5cc(-c7c(C)cccc7C)cc2c53)Oc2cc(-c3c(C)cccc3C)cc3c2B6c2ccccc2O3)B2c3ccccc3Oc3cc(-c5c(C)cccc5C)cc(c32)N4)c(C)c1. The fourth-order valence-electron chi connectivity index (χ4n) is 17.8. The Labute approximate surface area is 546 Å². The van der Waals surface area contributed by atoms with E-state index in [0.29, 0.717) is 0 Å². The second-order valence-electron chi connectivity index (χ2n) is 27.5. The summed E-state index contributed by atoms with van der Waals surface area (Å²) in [6, 6.07) is 71.0. The molecule has 0 aliphatic carbocycles. The number of fused-ring (bicyclic) bond motifs is 12. The first-order chi connectivity index (χ1) is 45.0. The first-order valence-electron chi connectivity index (χ1n) is 32.9. The molecule has 9 heteroatoms. The van der Waals surface area contributed by atoms with Gasteiger partial charge in [-0.25, -0.2) is 0 Å². The van der Waals surface area contributed by atoms with Crippen molar-refractivity contribution in [1.82, 2.24) is 0 Å². The van der Waals surface area contributed by atoms with Crippen LogP contribution in [0.4, 0.5) is 45.5 Å². The molecule has 0 fully saturated rings. The molecule has 0 spiro atoms. The highest BCUT2D eigenvalue weighted by atomic mass is 16.5. The van der Waals surface area contributed by atoms with E-state index >= 15 is 0 Å². The predicted molar refractivity (Wildman–Crippen MR) is 392 cm³/mol. The number of rotatable bonds is 5. The summed E-state index contributed by atoms with van der Waals surface area (Å²) in [5.74, 6) is 5.13. The zero-order chi connectivity index (χ0) is 63.3. The molecule has 0 radical (unpaired) electrons. The van der Waals surface area contributed by atoms with Crippen LogP contribution in [0.2, 0.25) is 0 Å². The lowest BCUT2D eigenvalue weighted by molar-refractivity contribution is 0.465. The van der Waals surface area contributed by atoms with Crippen molar-refractivity contribution in [2.75, 3.05) is 15.1 Å². The Bertz CT molecular complexity index is 4970. The van der Waals surface area contributed by atoms with E-state index in [2.05, 4.69) is 286 Å². The topological polar surface area (TPSA) is 46.2 Å². The van der Waals surface area contributed by atoms with E-state index < -0.39 is 0 Å². The predicted octanol–water partition coefficient (Wildman–Crippen LogP) is 15.9. The van der Waals surface area contributed by atoms with E-state index in [1.54, 1.807) is 0 Å². The highest BCUT2D eigenvalue weighted by molar-refractivity contribution is 7.04. The lowest BCUT2D eigenvalue weighted by atomic mass is 9.29. The summed E-state index contributed by atoms with van der Waals surface area (Å²) in [5, 5.41) is 4.18. The molecule has 12 aromatic rings. The molecule has 0 saturated heterocycles. The van der Waals surface area contributed by atoms with E-state index in [0.717, 1.165) is 101 Å². The Morgan fingerprint density at radius 3 is 1.14 bits per heavy atom. The molecule has 0 aromatic heterocycles. The Balaban J connectivity index is 0.968. The number of ether oxygens (including phenoxy) is 3. The van der Waals surface area contributed by atoms with E-state index in [-0.39, 0.29) is 20.1 Å². The van der Waals surface area contributed by atoms with Gasteiger partial charge in [0.15, 0.2) is 0 Å². The molecule has 12 aromatic carbocycles. The zero-order valence-electron chi connectivity index (χ0n) is 54.7. The van der Waals surface area contributed by atoms with E-state index in [4.69, 9.17) is 14.2 Å². The number of nitrogens with zero attached hydrogens (tertiary/aromatic N) is 2. The number of benzene rings is 12. The average Bonchev–Trinajstić information content (AvgIpc) is 0.686. The molecule has 6 aliphatic rings. The quantitative estimate of drug-likeness (QED) is 0.173. The van der Waals surface area contributed by atoms with Crippen LogP contribution in [0.15, 0.2) is 188 Å². The van der Waals surface area contributed by atoms with Crippen LogP contribution in [-0.4, -0.2) is 20.1 Å². The molecule has 93 heavy (non-hydrogen) atoms. The minimum absolute atomic E-state index is 0.131. The van der Waals surface area contributed by atoms with Crippen LogP contribution in [0.25, 0.3) is 33.4 Å². The van der Waals surface area contributed by atoms with Crippen molar-refractivity contribution in [2.45, 2.75) is 83.1 Å². The third-order valence-electron chi connectivity index (χ3n) is 21.2. The summed E-state index contributed by atoms with van der Waals surface area (Å²) < 4.78 is 21.8. The van der Waals surface area contributed by atoms with E-state index in [1.807, 2.05) is 0 Å². The van der Waals surface area contributed by atoms with Gasteiger partial charge < -0.3 is 29.3 Å². The van der Waals surface area contributed by atoms with Gasteiger partial charge in [-0.2, -0.15) is 0 Å². The van der Waals surface area contributed by atoms with Crippen LogP contribution < -0.4 is 78.5 Å². The summed E-state index contributed by atoms with van der Waals surface area (Å²) >= 11 is 0. The van der Waals surface area contributed by atoms with Gasteiger partial charge in [0.25, 0.3) is 20.1 Å². The molecule has 6 nitrogen and oxygen atoms in total. The third kappa shape index (κ3) is 8.05. The Kier molecular flexibility index (Phi) is 12.0. The molecule has 1 N–H and O–H groups in total. The van der Waals surface area contributed by atoms with Gasteiger partial charge in [-0.3, -0.25) is 0 Å². The molecule has 0 atom stereocenters. The van der Waals surface area contributed by atoms with Gasteiger partial charge in [0, 0.05) is 45.7 Å². The maximum atomic E-state index is 7.61. The van der Waals surface area contributed by atoms with Gasteiger partial charge in [-0.1, -0.05) is 139 Å². The first-order valence-corrected chi connectivity index (χ1v) is 32.9. The van der Waals surface area contributed by atoms with Gasteiger partial charge in [0.05, 0.1) is 11.4 Å². The summed E-state index contributed by atoms with van der Waals surface area (Å²) in [6.45, 7) is 26.5. The summed E-state index contributed by atoms with van der Waals surface area (Å²) in [4.78, 5) is 5.29. The van der Waals surface area contributed by atoms with Gasteiger partial charge in [-0.15, -0.1) is 0 Å². The lowest BCUT2D eigenvalue weighted by Gasteiger charge is -2.47. The molecule has 6 aliphatic heterocycles. The van der Waals surface area contributed by atoms with Gasteiger partial charge >= 0.3 is 0 Å². The standard InChI is InChI=1S/C84H68B3N3O3/c1-44-30-52(9)83(53(10)31-44)89-67-42-65-61(85-59-26-13-15-28-71(59)91-74-37-56(34-66(88-65)80(74)85)77-46(3)20-17-21-47(77)4)40-62(67)87-63-41-64-73(93-76-39-58(79-50(7)24-19-25-51(79)8)38-75-82(76)86(64)60-27-14-16-29-72(60)92-75)43-68(63)90(84-54(11)32-45(2)33-55(84)12)70-36-57(35-69(89)81(70)87)78-48(5)22-18-23-49(78)6/h13-43,88H,1-12H3. The molecule has 446 valence electrons. The highest BCUT2D eigenvalue weighted by Crippen LogP contribution is 2.52. The largest absolute Gasteiger partial charge is 0.458 e. The second-order valence-corrected chi connectivity index (χ2v) is 27.5. The number of aryl methyl sites for hydroxylation is 12. The molecule has 6 heterocycles. The smallest absolute Gasteiger partial charge is 0.260 e. The minimum atomic E-state index is -0.253. The normalized spacial score (nSPS) is 13.6. The molecule has 0 unspecified atom stereocenters. The Hall–Kier alpha value is -10.4. The highest BCUT2D eigenvalue weighted by Gasteiger charge is 2.50. The number of hydrogen-bond acceptors (Lipinski definition) is 6. The monoisotopic (exact) mass is 1200 g/mol. The van der Waals surface area contributed by atoms with Crippen molar-refractivity contribution < 1.29 is 14.2 Å². The van der Waals surface area contributed by atoms with Crippen LogP contribution in [0, 0.1) is 83.1 Å². The third-order valence-corrected chi connectivity index (χ3v) is 21.2. The zero-order valence-corrected chi connectivity index (χ0v) is 54.7. The van der Waals surface area contributed by atoms with Crippen molar-refractivity contribution in [3.05, 3.63) is 255 Å². The van der Waals surface area contributed by atoms with Crippen LogP contribution in [0.5, 0.6) is 34.5 Å². The van der Waals surface area contributed by atoms with Crippen molar-refractivity contribution in [1.29, 1.82) is 0 Å². The Morgan fingerprint density at radius 2 is 0.656 bits per heavy atom. The summed E-state index contributed by atoms with van der Waals surface area (Å²) in [5.41, 5.74) is 41.4. The number of nitrogens with one attached hydrogen (secondary N) is 1. The lowest BCUT2D eigenvalue weighted by Crippen LogP contribution is -2.65. The maximum absolute atomic E-state index is 7.61. The Morgan fingerprint density at radius 1 is 0.269 bits per heavy atom. The molecule has 0 bridgehead atoms. The van der Waals surface area contributed by atoms with Crippen LogP contribution >= 0.6 is 0 Å². The van der Waals surface area contributed by atoms with Crippen LogP contribution in [0.1, 0.15) is 66.8 Å². The average molecular weight is 1200 g/mol. The van der Waals surface area contributed by atoms with Crippen molar-refractivity contribution >= 4 is 115 Å². The van der Waals surface area contributed by atoms with Crippen LogP contribution in [-0.2, 0) is 0 Å². The maximum Gasteiger partial charge on any atom is 0.260 e. The number of para-hydroxylation sites is 2. The van der Waals surface area contributed by atoms with Gasteiger partial charge in [0.2, 0.25) is 0 Å². The number of hydrogen-bond donors (Lipinski definition) is 1. The summed E-state index contributed by atoms with van der Waals surface area (Å²) in [6.07, 6.45) is 0. The first kappa shape index (κ1) is 55.5. The van der Waals surface area contributed by atoms with Crippen molar-refractivity contribution in [3.8, 4) is 67.9 Å². The molecular formula is C84H68B3N3O3. The molecule has 0 amide bonds. The molecule has 18 rings (SSSR count).